The highest BCUT2D eigenvalue weighted by molar-refractivity contribution is 7.90. The van der Waals surface area contributed by atoms with Gasteiger partial charge in [0.1, 0.15) is 5.75 Å². The number of nitrogens with one attached hydrogen (secondary N) is 2. The minimum atomic E-state index is -3.88. The molecule has 1 rings (SSSR count). The summed E-state index contributed by atoms with van der Waals surface area (Å²) in [6.45, 7) is 4.96. The molecular weight excluding hydrogens is 274 g/mol. The van der Waals surface area contributed by atoms with E-state index in [1.165, 1.54) is 0 Å². The van der Waals surface area contributed by atoms with E-state index in [9.17, 15) is 23.6 Å². The van der Waals surface area contributed by atoms with Gasteiger partial charge in [-0.15, -0.1) is 0 Å². The van der Waals surface area contributed by atoms with Crippen LogP contribution in [0, 0.1) is 10.1 Å². The molecule has 0 aliphatic carbocycles. The molecule has 19 heavy (non-hydrogen) atoms. The van der Waals surface area contributed by atoms with Gasteiger partial charge in [-0.1, -0.05) is 0 Å². The van der Waals surface area contributed by atoms with Crippen LogP contribution in [0.4, 0.5) is 11.4 Å². The highest BCUT2D eigenvalue weighted by atomic mass is 32.2. The molecule has 0 fully saturated rings. The van der Waals surface area contributed by atoms with Crippen molar-refractivity contribution in [1.29, 1.82) is 0 Å². The van der Waals surface area contributed by atoms with E-state index in [0.29, 0.717) is 0 Å². The van der Waals surface area contributed by atoms with Crippen LogP contribution < -0.4 is 9.44 Å². The van der Waals surface area contributed by atoms with E-state index in [0.717, 1.165) is 18.2 Å². The monoisotopic (exact) mass is 289 g/mol. The van der Waals surface area contributed by atoms with Crippen molar-refractivity contribution in [2.24, 2.45) is 0 Å². The van der Waals surface area contributed by atoms with Crippen LogP contribution in [-0.2, 0) is 10.2 Å². The summed E-state index contributed by atoms with van der Waals surface area (Å²) in [5.74, 6) is -0.520. The highest BCUT2D eigenvalue weighted by Gasteiger charge is 2.21. The summed E-state index contributed by atoms with van der Waals surface area (Å²) < 4.78 is 27.9. The van der Waals surface area contributed by atoms with Crippen molar-refractivity contribution in [3.05, 3.63) is 28.3 Å². The van der Waals surface area contributed by atoms with Crippen LogP contribution in [0.5, 0.6) is 5.75 Å². The number of non-ortho nitro benzene ring substituents is 1. The van der Waals surface area contributed by atoms with Crippen molar-refractivity contribution in [3.8, 4) is 5.75 Å². The van der Waals surface area contributed by atoms with E-state index in [1.807, 2.05) is 0 Å². The first-order valence-electron chi connectivity index (χ1n) is 5.29. The molecule has 0 spiro atoms. The Morgan fingerprint density at radius 3 is 2.32 bits per heavy atom. The van der Waals surface area contributed by atoms with Gasteiger partial charge in [0.2, 0.25) is 0 Å². The van der Waals surface area contributed by atoms with Crippen LogP contribution >= 0.6 is 0 Å². The number of phenols is 1. The molecule has 0 saturated heterocycles. The number of anilines is 1. The van der Waals surface area contributed by atoms with Gasteiger partial charge in [0.05, 0.1) is 16.7 Å². The van der Waals surface area contributed by atoms with Crippen molar-refractivity contribution < 1.29 is 18.4 Å². The van der Waals surface area contributed by atoms with Crippen molar-refractivity contribution >= 4 is 21.6 Å². The lowest BCUT2D eigenvalue weighted by Gasteiger charge is -2.21. The molecular formula is C10H15N3O5S. The molecule has 3 N–H and O–H groups in total. The summed E-state index contributed by atoms with van der Waals surface area (Å²) in [5.41, 5.74) is -1.16. The maximum absolute atomic E-state index is 11.7. The molecule has 0 aliphatic heterocycles. The molecule has 0 saturated carbocycles. The predicted octanol–water partition coefficient (Wildman–Crippen LogP) is 1.35. The van der Waals surface area contributed by atoms with E-state index in [1.54, 1.807) is 20.8 Å². The van der Waals surface area contributed by atoms with E-state index >= 15 is 0 Å². The summed E-state index contributed by atoms with van der Waals surface area (Å²) in [6.07, 6.45) is 0. The molecule has 0 atom stereocenters. The molecule has 1 aromatic carbocycles. The minimum Gasteiger partial charge on any atom is -0.505 e. The highest BCUT2D eigenvalue weighted by Crippen LogP contribution is 2.28. The number of hydrogen-bond acceptors (Lipinski definition) is 5. The summed E-state index contributed by atoms with van der Waals surface area (Å²) >= 11 is 0. The van der Waals surface area contributed by atoms with Gasteiger partial charge in [-0.05, 0) is 26.8 Å². The zero-order valence-electron chi connectivity index (χ0n) is 10.7. The third-order valence-corrected chi connectivity index (χ3v) is 3.25. The van der Waals surface area contributed by atoms with Crippen LogP contribution in [0.25, 0.3) is 0 Å². The number of phenolic OH excluding ortho intramolecular Hbond substituents is 1. The lowest BCUT2D eigenvalue weighted by Crippen LogP contribution is -2.43. The largest absolute Gasteiger partial charge is 0.505 e. The maximum atomic E-state index is 11.7. The molecule has 0 aliphatic rings. The second-order valence-corrected chi connectivity index (χ2v) is 6.33. The Labute approximate surface area is 110 Å². The van der Waals surface area contributed by atoms with Crippen LogP contribution in [0.15, 0.2) is 18.2 Å². The molecule has 0 unspecified atom stereocenters. The Bertz CT molecular complexity index is 592. The first-order chi connectivity index (χ1) is 8.50. The average molecular weight is 289 g/mol. The standard InChI is InChI=1S/C10H15N3O5S/c1-10(2,3)12-19(17,18)11-8-5-4-7(13(15)16)6-9(8)14/h4-6,11-12,14H,1-3H3. The third-order valence-electron chi connectivity index (χ3n) is 1.88. The molecule has 0 aromatic heterocycles. The Balaban J connectivity index is 2.98. The number of nitro benzene ring substituents is 1. The third kappa shape index (κ3) is 4.72. The first-order valence-corrected chi connectivity index (χ1v) is 6.78. The zero-order chi connectivity index (χ0) is 14.8. The van der Waals surface area contributed by atoms with E-state index < -0.39 is 26.4 Å². The fourth-order valence-electron chi connectivity index (χ4n) is 1.29. The fraction of sp³-hybridized carbons (Fsp3) is 0.400. The lowest BCUT2D eigenvalue weighted by molar-refractivity contribution is -0.384. The van der Waals surface area contributed by atoms with Crippen molar-refractivity contribution in [2.75, 3.05) is 4.72 Å². The quantitative estimate of drug-likeness (QED) is 0.438. The van der Waals surface area contributed by atoms with E-state index in [2.05, 4.69) is 9.44 Å². The normalized spacial score (nSPS) is 12.2. The van der Waals surface area contributed by atoms with Gasteiger partial charge in [0.15, 0.2) is 0 Å². The van der Waals surface area contributed by atoms with Gasteiger partial charge in [-0.25, -0.2) is 0 Å². The summed E-state index contributed by atoms with van der Waals surface area (Å²) in [5, 5.41) is 20.0. The van der Waals surface area contributed by atoms with Gasteiger partial charge in [-0.2, -0.15) is 13.1 Å². The SMILES string of the molecule is CC(C)(C)NS(=O)(=O)Nc1ccc([N+](=O)[O-])cc1O. The van der Waals surface area contributed by atoms with E-state index in [4.69, 9.17) is 0 Å². The Hall–Kier alpha value is -1.87. The first kappa shape index (κ1) is 15.2. The van der Waals surface area contributed by atoms with Gasteiger partial charge in [-0.3, -0.25) is 14.8 Å². The molecule has 106 valence electrons. The van der Waals surface area contributed by atoms with Crippen LogP contribution in [0.2, 0.25) is 0 Å². The number of rotatable bonds is 4. The number of hydrogen-bond donors (Lipinski definition) is 3. The van der Waals surface area contributed by atoms with Crippen LogP contribution in [-0.4, -0.2) is 24.0 Å². The molecule has 0 heterocycles. The number of nitro groups is 1. The van der Waals surface area contributed by atoms with Gasteiger partial charge in [0, 0.05) is 11.6 Å². The fourth-order valence-corrected chi connectivity index (χ4v) is 2.61. The van der Waals surface area contributed by atoms with Gasteiger partial charge >= 0.3 is 0 Å². The average Bonchev–Trinajstić information content (AvgIpc) is 2.16. The van der Waals surface area contributed by atoms with E-state index in [-0.39, 0.29) is 11.4 Å². The molecule has 1 aromatic rings. The second-order valence-electron chi connectivity index (χ2n) is 4.92. The van der Waals surface area contributed by atoms with Crippen LogP contribution in [0.1, 0.15) is 20.8 Å². The summed E-state index contributed by atoms with van der Waals surface area (Å²) in [4.78, 5) is 9.79. The number of nitrogens with zero attached hydrogens (tertiary/aromatic N) is 1. The number of benzene rings is 1. The second kappa shape index (κ2) is 5.02. The number of aromatic hydroxyl groups is 1. The van der Waals surface area contributed by atoms with Crippen molar-refractivity contribution in [2.45, 2.75) is 26.3 Å². The minimum absolute atomic E-state index is 0.137. The van der Waals surface area contributed by atoms with Crippen molar-refractivity contribution in [1.82, 2.24) is 4.72 Å². The van der Waals surface area contributed by atoms with Gasteiger partial charge < -0.3 is 5.11 Å². The summed E-state index contributed by atoms with van der Waals surface area (Å²) in [6, 6.07) is 3.08. The summed E-state index contributed by atoms with van der Waals surface area (Å²) in [7, 11) is -3.88. The Morgan fingerprint density at radius 2 is 1.89 bits per heavy atom. The topological polar surface area (TPSA) is 122 Å². The van der Waals surface area contributed by atoms with Crippen LogP contribution in [0.3, 0.4) is 0 Å². The molecule has 9 heteroatoms. The Morgan fingerprint density at radius 1 is 1.32 bits per heavy atom. The van der Waals surface area contributed by atoms with Crippen molar-refractivity contribution in [3.63, 3.8) is 0 Å². The smallest absolute Gasteiger partial charge is 0.299 e. The molecule has 0 amide bonds. The zero-order valence-corrected chi connectivity index (χ0v) is 11.5. The Kier molecular flexibility index (Phi) is 4.01. The molecule has 0 radical (unpaired) electrons. The molecule has 8 nitrogen and oxygen atoms in total. The lowest BCUT2D eigenvalue weighted by atomic mass is 10.1. The maximum Gasteiger partial charge on any atom is 0.299 e. The van der Waals surface area contributed by atoms with Gasteiger partial charge in [0.25, 0.3) is 15.9 Å². The predicted molar refractivity (Wildman–Crippen MR) is 70.2 cm³/mol. The molecule has 0 bridgehead atoms.